The first-order valence-electron chi connectivity index (χ1n) is 7.14. The molecule has 1 saturated carbocycles. The van der Waals surface area contributed by atoms with Crippen LogP contribution in [0.5, 0.6) is 0 Å². The summed E-state index contributed by atoms with van der Waals surface area (Å²) in [6.45, 7) is 3.26. The first-order chi connectivity index (χ1) is 9.22. The number of nitrogens with zero attached hydrogens (tertiary/aromatic N) is 1. The van der Waals surface area contributed by atoms with Crippen molar-refractivity contribution in [2.24, 2.45) is 0 Å². The van der Waals surface area contributed by atoms with Gasteiger partial charge in [0.25, 0.3) is 0 Å². The molecule has 1 aromatic carbocycles. The molecule has 1 N–H and O–H groups in total. The van der Waals surface area contributed by atoms with Crippen molar-refractivity contribution in [3.63, 3.8) is 0 Å². The monoisotopic (exact) mass is 298 g/mol. The van der Waals surface area contributed by atoms with E-state index in [-0.39, 0.29) is 0 Å². The van der Waals surface area contributed by atoms with Gasteiger partial charge in [-0.1, -0.05) is 29.3 Å². The molecule has 3 rings (SSSR count). The van der Waals surface area contributed by atoms with E-state index < -0.39 is 0 Å². The molecule has 19 heavy (non-hydrogen) atoms. The van der Waals surface area contributed by atoms with Gasteiger partial charge in [-0.2, -0.15) is 0 Å². The second kappa shape index (κ2) is 6.01. The smallest absolute Gasteiger partial charge is 0.0465 e. The molecule has 4 heteroatoms. The minimum atomic E-state index is 0.659. The molecule has 0 amide bonds. The Morgan fingerprint density at radius 1 is 1.21 bits per heavy atom. The summed E-state index contributed by atoms with van der Waals surface area (Å²) in [6.07, 6.45) is 5.28. The van der Waals surface area contributed by atoms with Gasteiger partial charge in [-0.3, -0.25) is 4.90 Å². The van der Waals surface area contributed by atoms with Gasteiger partial charge in [-0.05, 0) is 49.9 Å². The van der Waals surface area contributed by atoms with Crippen LogP contribution in [-0.4, -0.2) is 30.1 Å². The summed E-state index contributed by atoms with van der Waals surface area (Å²) in [5.41, 5.74) is 1.19. The molecule has 1 aromatic rings. The van der Waals surface area contributed by atoms with Gasteiger partial charge in [-0.15, -0.1) is 0 Å². The van der Waals surface area contributed by atoms with Gasteiger partial charge in [0.05, 0.1) is 0 Å². The Balaban J connectivity index is 1.66. The third-order valence-electron chi connectivity index (χ3n) is 4.07. The second-order valence-corrected chi connectivity index (χ2v) is 6.53. The van der Waals surface area contributed by atoms with E-state index in [1.807, 2.05) is 12.1 Å². The summed E-state index contributed by atoms with van der Waals surface area (Å²) in [4.78, 5) is 2.58. The highest BCUT2D eigenvalue weighted by atomic mass is 35.5. The Bertz CT molecular complexity index is 440. The van der Waals surface area contributed by atoms with Crippen molar-refractivity contribution in [3.05, 3.63) is 33.8 Å². The Hall–Kier alpha value is -0.280. The first kappa shape index (κ1) is 13.7. The number of hydrogen-bond acceptors (Lipinski definition) is 2. The lowest BCUT2D eigenvalue weighted by Crippen LogP contribution is -2.38. The van der Waals surface area contributed by atoms with Crippen LogP contribution in [0.15, 0.2) is 18.2 Å². The normalized spacial score (nSPS) is 23.2. The molecule has 0 radical (unpaired) electrons. The van der Waals surface area contributed by atoms with E-state index in [2.05, 4.69) is 16.3 Å². The van der Waals surface area contributed by atoms with Crippen molar-refractivity contribution < 1.29 is 0 Å². The molecule has 1 atom stereocenters. The van der Waals surface area contributed by atoms with Crippen molar-refractivity contribution >= 4 is 23.2 Å². The second-order valence-electron chi connectivity index (χ2n) is 5.69. The maximum atomic E-state index is 6.29. The summed E-state index contributed by atoms with van der Waals surface area (Å²) < 4.78 is 0. The minimum absolute atomic E-state index is 0.659. The lowest BCUT2D eigenvalue weighted by atomic mass is 10.1. The highest BCUT2D eigenvalue weighted by Crippen LogP contribution is 2.31. The van der Waals surface area contributed by atoms with E-state index >= 15 is 0 Å². The number of rotatable bonds is 5. The van der Waals surface area contributed by atoms with Gasteiger partial charge < -0.3 is 5.32 Å². The number of nitrogens with one attached hydrogen (secondary N) is 1. The van der Waals surface area contributed by atoms with Crippen molar-refractivity contribution in [2.45, 2.75) is 44.3 Å². The van der Waals surface area contributed by atoms with Crippen LogP contribution in [0.2, 0.25) is 10.0 Å². The fraction of sp³-hybridized carbons (Fsp3) is 0.600. The van der Waals surface area contributed by atoms with Gasteiger partial charge >= 0.3 is 0 Å². The summed E-state index contributed by atoms with van der Waals surface area (Å²) in [7, 11) is 0. The summed E-state index contributed by atoms with van der Waals surface area (Å²) in [5, 5.41) is 5.09. The fourth-order valence-electron chi connectivity index (χ4n) is 2.85. The molecule has 2 fully saturated rings. The van der Waals surface area contributed by atoms with Crippen molar-refractivity contribution in [1.82, 2.24) is 10.2 Å². The summed E-state index contributed by atoms with van der Waals surface area (Å²) in [6, 6.07) is 7.25. The van der Waals surface area contributed by atoms with E-state index in [9.17, 15) is 0 Å². The van der Waals surface area contributed by atoms with Gasteiger partial charge in [-0.25, -0.2) is 0 Å². The summed E-state index contributed by atoms with van der Waals surface area (Å²) in [5.74, 6) is 0. The molecule has 0 bridgehead atoms. The molecule has 2 nitrogen and oxygen atoms in total. The van der Waals surface area contributed by atoms with Crippen molar-refractivity contribution in [3.8, 4) is 0 Å². The third kappa shape index (κ3) is 3.63. The van der Waals surface area contributed by atoms with Crippen LogP contribution in [0.25, 0.3) is 0 Å². The molecule has 1 saturated heterocycles. The molecule has 1 aliphatic carbocycles. The van der Waals surface area contributed by atoms with Crippen LogP contribution in [-0.2, 0) is 6.54 Å². The largest absolute Gasteiger partial charge is 0.313 e. The Morgan fingerprint density at radius 3 is 2.68 bits per heavy atom. The highest BCUT2D eigenvalue weighted by molar-refractivity contribution is 6.35. The zero-order valence-electron chi connectivity index (χ0n) is 11.0. The van der Waals surface area contributed by atoms with Crippen molar-refractivity contribution in [2.75, 3.05) is 13.1 Å². The molecule has 1 heterocycles. The Labute approximate surface area is 125 Å². The predicted molar refractivity (Wildman–Crippen MR) is 80.9 cm³/mol. The van der Waals surface area contributed by atoms with Crippen LogP contribution >= 0.6 is 23.2 Å². The number of hydrogen-bond donors (Lipinski definition) is 1. The van der Waals surface area contributed by atoms with Crippen LogP contribution in [0.4, 0.5) is 0 Å². The molecular weight excluding hydrogens is 279 g/mol. The highest BCUT2D eigenvalue weighted by Gasteiger charge is 2.31. The van der Waals surface area contributed by atoms with Gasteiger partial charge in [0.15, 0.2) is 0 Å². The molecule has 2 aliphatic rings. The minimum Gasteiger partial charge on any atom is -0.313 e. The van der Waals surface area contributed by atoms with Crippen LogP contribution in [0, 0.1) is 0 Å². The lowest BCUT2D eigenvalue weighted by Gasteiger charge is -2.26. The number of halogens is 2. The van der Waals surface area contributed by atoms with Crippen molar-refractivity contribution in [1.29, 1.82) is 0 Å². The Morgan fingerprint density at radius 2 is 2.05 bits per heavy atom. The quantitative estimate of drug-likeness (QED) is 0.891. The van der Waals surface area contributed by atoms with E-state index in [1.165, 1.54) is 37.8 Å². The zero-order valence-corrected chi connectivity index (χ0v) is 12.6. The zero-order chi connectivity index (χ0) is 13.2. The molecule has 104 valence electrons. The van der Waals surface area contributed by atoms with E-state index in [0.717, 1.165) is 24.2 Å². The first-order valence-corrected chi connectivity index (χ1v) is 7.89. The molecule has 0 aromatic heterocycles. The van der Waals surface area contributed by atoms with E-state index in [0.29, 0.717) is 11.1 Å². The molecule has 1 unspecified atom stereocenters. The molecule has 0 spiro atoms. The maximum absolute atomic E-state index is 6.29. The average Bonchev–Trinajstić information content (AvgIpc) is 3.10. The third-order valence-corrected chi connectivity index (χ3v) is 4.66. The van der Waals surface area contributed by atoms with Gasteiger partial charge in [0.2, 0.25) is 0 Å². The predicted octanol–water partition coefficient (Wildman–Crippen LogP) is 3.71. The average molecular weight is 299 g/mol. The number of benzene rings is 1. The van der Waals surface area contributed by atoms with Gasteiger partial charge in [0, 0.05) is 35.2 Å². The lowest BCUT2D eigenvalue weighted by molar-refractivity contribution is 0.231. The standard InChI is InChI=1S/C15H20Cl2N2/c16-12-4-3-11(15(17)8-12)9-19(14-5-6-14)10-13-2-1-7-18-13/h3-4,8,13-14,18H,1-2,5-7,9-10H2. The summed E-state index contributed by atoms with van der Waals surface area (Å²) >= 11 is 12.2. The van der Waals surface area contributed by atoms with Gasteiger partial charge in [0.1, 0.15) is 0 Å². The fourth-order valence-corrected chi connectivity index (χ4v) is 3.31. The maximum Gasteiger partial charge on any atom is 0.0465 e. The van der Waals surface area contributed by atoms with Crippen LogP contribution < -0.4 is 5.32 Å². The topological polar surface area (TPSA) is 15.3 Å². The van der Waals surface area contributed by atoms with E-state index in [4.69, 9.17) is 23.2 Å². The molecular formula is C15H20Cl2N2. The van der Waals surface area contributed by atoms with E-state index in [1.54, 1.807) is 0 Å². The van der Waals surface area contributed by atoms with Crippen LogP contribution in [0.1, 0.15) is 31.2 Å². The molecule has 1 aliphatic heterocycles. The Kier molecular flexibility index (Phi) is 4.33. The van der Waals surface area contributed by atoms with Crippen LogP contribution in [0.3, 0.4) is 0 Å². The SMILES string of the molecule is Clc1ccc(CN(CC2CCCN2)C2CC2)c(Cl)c1.